The topological polar surface area (TPSA) is 12.9 Å². The van der Waals surface area contributed by atoms with E-state index in [-0.39, 0.29) is 0 Å². The monoisotopic (exact) mass is 289 g/mol. The van der Waals surface area contributed by atoms with Gasteiger partial charge in [0.1, 0.15) is 0 Å². The molecule has 1 aliphatic carbocycles. The lowest BCUT2D eigenvalue weighted by Gasteiger charge is -2.28. The van der Waals surface area contributed by atoms with Gasteiger partial charge in [0.2, 0.25) is 0 Å². The van der Waals surface area contributed by atoms with Crippen molar-refractivity contribution in [2.24, 2.45) is 5.41 Å². The summed E-state index contributed by atoms with van der Waals surface area (Å²) in [6.45, 7) is 2.37. The molecule has 3 aromatic rings. The van der Waals surface area contributed by atoms with E-state index in [1.165, 1.54) is 65.8 Å². The molecule has 0 amide bonds. The molecule has 4 rings (SSSR count). The SMILES string of the molecule is CCC1(Cc2ccnc3c2ccc2ccccc23)CCCC1. The van der Waals surface area contributed by atoms with Gasteiger partial charge in [-0.15, -0.1) is 0 Å². The molecular weight excluding hydrogens is 266 g/mol. The van der Waals surface area contributed by atoms with Crippen molar-refractivity contribution < 1.29 is 0 Å². The average Bonchev–Trinajstić information content (AvgIpc) is 3.04. The van der Waals surface area contributed by atoms with Crippen LogP contribution < -0.4 is 0 Å². The second-order valence-electron chi connectivity index (χ2n) is 6.89. The summed E-state index contributed by atoms with van der Waals surface area (Å²) in [6, 6.07) is 15.3. The minimum Gasteiger partial charge on any atom is -0.256 e. The van der Waals surface area contributed by atoms with Crippen molar-refractivity contribution in [1.82, 2.24) is 4.98 Å². The van der Waals surface area contributed by atoms with Gasteiger partial charge >= 0.3 is 0 Å². The van der Waals surface area contributed by atoms with E-state index in [4.69, 9.17) is 4.98 Å². The fourth-order valence-electron chi connectivity index (χ4n) is 4.28. The van der Waals surface area contributed by atoms with Crippen LogP contribution in [0.15, 0.2) is 48.7 Å². The van der Waals surface area contributed by atoms with Gasteiger partial charge in [0, 0.05) is 17.0 Å². The number of hydrogen-bond donors (Lipinski definition) is 0. The molecule has 22 heavy (non-hydrogen) atoms. The summed E-state index contributed by atoms with van der Waals surface area (Å²) in [5.41, 5.74) is 3.18. The van der Waals surface area contributed by atoms with E-state index < -0.39 is 0 Å². The third-order valence-corrected chi connectivity index (χ3v) is 5.71. The minimum absolute atomic E-state index is 0.528. The van der Waals surface area contributed by atoms with Gasteiger partial charge in [0.05, 0.1) is 5.52 Å². The lowest BCUT2D eigenvalue weighted by Crippen LogP contribution is -2.18. The molecule has 2 aromatic carbocycles. The number of nitrogens with zero attached hydrogens (tertiary/aromatic N) is 1. The number of benzene rings is 2. The lowest BCUT2D eigenvalue weighted by atomic mass is 9.77. The first-order valence-corrected chi connectivity index (χ1v) is 8.57. The Balaban J connectivity index is 1.86. The van der Waals surface area contributed by atoms with E-state index >= 15 is 0 Å². The number of fused-ring (bicyclic) bond motifs is 3. The van der Waals surface area contributed by atoms with Crippen LogP contribution in [0.4, 0.5) is 0 Å². The quantitative estimate of drug-likeness (QED) is 0.547. The van der Waals surface area contributed by atoms with Crippen LogP contribution in [0, 0.1) is 5.41 Å². The van der Waals surface area contributed by atoms with E-state index in [9.17, 15) is 0 Å². The first kappa shape index (κ1) is 13.8. The van der Waals surface area contributed by atoms with Gasteiger partial charge in [-0.05, 0) is 41.7 Å². The van der Waals surface area contributed by atoms with Gasteiger partial charge in [-0.2, -0.15) is 0 Å². The van der Waals surface area contributed by atoms with E-state index in [2.05, 4.69) is 49.4 Å². The Morgan fingerprint density at radius 3 is 2.59 bits per heavy atom. The molecule has 1 heterocycles. The maximum atomic E-state index is 4.69. The Kier molecular flexibility index (Phi) is 3.37. The molecule has 1 nitrogen and oxygen atoms in total. The molecule has 1 saturated carbocycles. The van der Waals surface area contributed by atoms with Crippen molar-refractivity contribution >= 4 is 21.7 Å². The van der Waals surface area contributed by atoms with Gasteiger partial charge in [0.15, 0.2) is 0 Å². The third-order valence-electron chi connectivity index (χ3n) is 5.71. The highest BCUT2D eigenvalue weighted by molar-refractivity contribution is 6.06. The molecule has 0 unspecified atom stereocenters. The zero-order chi connectivity index (χ0) is 15.0. The van der Waals surface area contributed by atoms with Crippen LogP contribution in [-0.4, -0.2) is 4.98 Å². The number of pyridine rings is 1. The highest BCUT2D eigenvalue weighted by Crippen LogP contribution is 2.44. The summed E-state index contributed by atoms with van der Waals surface area (Å²) in [7, 11) is 0. The first-order valence-electron chi connectivity index (χ1n) is 8.57. The minimum atomic E-state index is 0.528. The molecular formula is C21H23N. The second kappa shape index (κ2) is 5.39. The van der Waals surface area contributed by atoms with Crippen molar-refractivity contribution in [3.63, 3.8) is 0 Å². The molecule has 0 saturated heterocycles. The van der Waals surface area contributed by atoms with Crippen molar-refractivity contribution in [2.75, 3.05) is 0 Å². The van der Waals surface area contributed by atoms with Crippen LogP contribution in [0.3, 0.4) is 0 Å². The third kappa shape index (κ3) is 2.20. The summed E-state index contributed by atoms with van der Waals surface area (Å²) in [5.74, 6) is 0. The molecule has 0 bridgehead atoms. The molecule has 0 aliphatic heterocycles. The Morgan fingerprint density at radius 1 is 0.955 bits per heavy atom. The average molecular weight is 289 g/mol. The number of rotatable bonds is 3. The zero-order valence-electron chi connectivity index (χ0n) is 13.3. The first-order chi connectivity index (χ1) is 10.8. The van der Waals surface area contributed by atoms with Crippen LogP contribution in [-0.2, 0) is 6.42 Å². The molecule has 1 aliphatic rings. The summed E-state index contributed by atoms with van der Waals surface area (Å²) >= 11 is 0. The van der Waals surface area contributed by atoms with E-state index in [0.29, 0.717) is 5.41 Å². The lowest BCUT2D eigenvalue weighted by molar-refractivity contribution is 0.283. The van der Waals surface area contributed by atoms with Crippen molar-refractivity contribution in [1.29, 1.82) is 0 Å². The van der Waals surface area contributed by atoms with Gasteiger partial charge in [0.25, 0.3) is 0 Å². The predicted molar refractivity (Wildman–Crippen MR) is 94.1 cm³/mol. The summed E-state index contributed by atoms with van der Waals surface area (Å²) < 4.78 is 0. The largest absolute Gasteiger partial charge is 0.256 e. The zero-order valence-corrected chi connectivity index (χ0v) is 13.3. The number of hydrogen-bond acceptors (Lipinski definition) is 1. The fraction of sp³-hybridized carbons (Fsp3) is 0.381. The molecule has 0 spiro atoms. The summed E-state index contributed by atoms with van der Waals surface area (Å²) in [4.78, 5) is 4.69. The van der Waals surface area contributed by atoms with Crippen molar-refractivity contribution in [2.45, 2.75) is 45.4 Å². The van der Waals surface area contributed by atoms with Gasteiger partial charge in [-0.25, -0.2) is 0 Å². The molecule has 0 atom stereocenters. The maximum Gasteiger partial charge on any atom is 0.0783 e. The smallest absolute Gasteiger partial charge is 0.0783 e. The van der Waals surface area contributed by atoms with Crippen LogP contribution in [0.25, 0.3) is 21.7 Å². The molecule has 1 aromatic heterocycles. The fourth-order valence-corrected chi connectivity index (χ4v) is 4.28. The molecule has 0 N–H and O–H groups in total. The molecule has 112 valence electrons. The normalized spacial score (nSPS) is 17.3. The Labute approximate surface area is 132 Å². The number of aromatic nitrogens is 1. The standard InChI is InChI=1S/C21H23N/c1-2-21(12-5-6-13-21)15-17-11-14-22-20-18-8-4-3-7-16(18)9-10-19(17)20/h3-4,7-11,14H,2,5-6,12-13,15H2,1H3. The second-order valence-corrected chi connectivity index (χ2v) is 6.89. The summed E-state index contributed by atoms with van der Waals surface area (Å²) in [5, 5.41) is 3.91. The van der Waals surface area contributed by atoms with E-state index in [1.807, 2.05) is 6.20 Å². The van der Waals surface area contributed by atoms with Crippen molar-refractivity contribution in [3.05, 3.63) is 54.2 Å². The van der Waals surface area contributed by atoms with Crippen LogP contribution in [0.2, 0.25) is 0 Å². The highest BCUT2D eigenvalue weighted by atomic mass is 14.7. The molecule has 0 radical (unpaired) electrons. The Bertz CT molecular complexity index is 812. The van der Waals surface area contributed by atoms with Gasteiger partial charge < -0.3 is 0 Å². The van der Waals surface area contributed by atoms with Gasteiger partial charge in [-0.1, -0.05) is 62.6 Å². The molecule has 1 fully saturated rings. The Hall–Kier alpha value is -1.89. The van der Waals surface area contributed by atoms with Gasteiger partial charge in [-0.3, -0.25) is 4.98 Å². The highest BCUT2D eigenvalue weighted by Gasteiger charge is 2.32. The summed E-state index contributed by atoms with van der Waals surface area (Å²) in [6.07, 6.45) is 10.1. The van der Waals surface area contributed by atoms with Crippen molar-refractivity contribution in [3.8, 4) is 0 Å². The van der Waals surface area contributed by atoms with Crippen LogP contribution in [0.1, 0.15) is 44.6 Å². The van der Waals surface area contributed by atoms with Crippen LogP contribution in [0.5, 0.6) is 0 Å². The van der Waals surface area contributed by atoms with Crippen LogP contribution >= 0.6 is 0 Å². The van der Waals surface area contributed by atoms with E-state index in [0.717, 1.165) is 0 Å². The van der Waals surface area contributed by atoms with E-state index in [1.54, 1.807) is 0 Å². The molecule has 1 heteroatoms. The predicted octanol–water partition coefficient (Wildman–Crippen LogP) is 5.90. The Morgan fingerprint density at radius 2 is 1.77 bits per heavy atom. The maximum absolute atomic E-state index is 4.69.